The van der Waals surface area contributed by atoms with Crippen LogP contribution in [0.15, 0.2) is 70.6 Å². The second-order valence-electron chi connectivity index (χ2n) is 6.30. The maximum atomic E-state index is 14.6. The predicted molar refractivity (Wildman–Crippen MR) is 109 cm³/mol. The number of rotatable bonds is 4. The first kappa shape index (κ1) is 20.1. The molecule has 3 aromatic rings. The number of hydrogen-bond donors (Lipinski definition) is 2. The Morgan fingerprint density at radius 3 is 2.47 bits per heavy atom. The van der Waals surface area contributed by atoms with E-state index in [2.05, 4.69) is 15.0 Å². The van der Waals surface area contributed by atoms with E-state index in [4.69, 9.17) is 16.3 Å². The van der Waals surface area contributed by atoms with Crippen molar-refractivity contribution in [3.05, 3.63) is 82.9 Å². The lowest BCUT2D eigenvalue weighted by Gasteiger charge is -2.24. The van der Waals surface area contributed by atoms with Crippen LogP contribution in [0.2, 0.25) is 5.02 Å². The third kappa shape index (κ3) is 4.07. The summed E-state index contributed by atoms with van der Waals surface area (Å²) in [6, 6.07) is 14.1. The van der Waals surface area contributed by atoms with Gasteiger partial charge in [-0.25, -0.2) is 26.9 Å². The SMILES string of the molecule is O=S1(=O)NC(=NCc2ccc(F)cc2)Nc2c1ccc(F)c2Oc1ccccc1Cl. The molecular formula is C20H14ClF2N3O3S. The van der Waals surface area contributed by atoms with E-state index in [1.54, 1.807) is 18.2 Å². The van der Waals surface area contributed by atoms with Gasteiger partial charge < -0.3 is 10.1 Å². The smallest absolute Gasteiger partial charge is 0.266 e. The molecule has 1 aliphatic rings. The predicted octanol–water partition coefficient (Wildman–Crippen LogP) is 4.67. The fraction of sp³-hybridized carbons (Fsp3) is 0.0500. The molecule has 0 saturated heterocycles. The van der Waals surface area contributed by atoms with Crippen LogP contribution < -0.4 is 14.8 Å². The molecule has 10 heteroatoms. The van der Waals surface area contributed by atoms with E-state index in [9.17, 15) is 17.2 Å². The van der Waals surface area contributed by atoms with E-state index in [-0.39, 0.29) is 39.6 Å². The highest BCUT2D eigenvalue weighted by Crippen LogP contribution is 2.40. The average Bonchev–Trinajstić information content (AvgIpc) is 2.70. The normalized spacial score (nSPS) is 15.8. The molecule has 2 N–H and O–H groups in total. The van der Waals surface area contributed by atoms with Gasteiger partial charge in [0.15, 0.2) is 11.6 Å². The van der Waals surface area contributed by atoms with E-state index < -0.39 is 21.7 Å². The zero-order valence-electron chi connectivity index (χ0n) is 15.2. The molecule has 0 radical (unpaired) electrons. The van der Waals surface area contributed by atoms with Gasteiger partial charge in [-0.3, -0.25) is 0 Å². The molecule has 30 heavy (non-hydrogen) atoms. The maximum Gasteiger partial charge on any atom is 0.266 e. The fourth-order valence-corrected chi connectivity index (χ4v) is 4.09. The van der Waals surface area contributed by atoms with Crippen molar-refractivity contribution >= 4 is 33.3 Å². The number of nitrogens with one attached hydrogen (secondary N) is 2. The molecule has 0 spiro atoms. The van der Waals surface area contributed by atoms with Crippen molar-refractivity contribution in [2.75, 3.05) is 5.32 Å². The highest BCUT2D eigenvalue weighted by molar-refractivity contribution is 7.90. The standard InChI is InChI=1S/C20H14ClF2N3O3S/c21-14-3-1-2-4-16(14)29-19-15(23)9-10-17-18(19)25-20(26-30(17,27)28)24-11-12-5-7-13(22)8-6-12/h1-10H,11H2,(H2,24,25,26). The van der Waals surface area contributed by atoms with Crippen LogP contribution >= 0.6 is 11.6 Å². The van der Waals surface area contributed by atoms with Crippen LogP contribution in [0.25, 0.3) is 0 Å². The summed E-state index contributed by atoms with van der Waals surface area (Å²) in [6.45, 7) is 0.0660. The Balaban J connectivity index is 1.71. The van der Waals surface area contributed by atoms with Crippen molar-refractivity contribution < 1.29 is 21.9 Å². The molecule has 0 atom stereocenters. The largest absolute Gasteiger partial charge is 0.450 e. The Labute approximate surface area is 176 Å². The third-order valence-corrected chi connectivity index (χ3v) is 5.91. The molecular weight excluding hydrogens is 436 g/mol. The van der Waals surface area contributed by atoms with Crippen LogP contribution in [0.3, 0.4) is 0 Å². The number of fused-ring (bicyclic) bond motifs is 1. The van der Waals surface area contributed by atoms with Gasteiger partial charge in [-0.05, 0) is 42.0 Å². The lowest BCUT2D eigenvalue weighted by Crippen LogP contribution is -2.41. The Morgan fingerprint density at radius 2 is 1.73 bits per heavy atom. The monoisotopic (exact) mass is 449 g/mol. The van der Waals surface area contributed by atoms with Crippen LogP contribution in [0.5, 0.6) is 11.5 Å². The van der Waals surface area contributed by atoms with Crippen LogP contribution in [0.1, 0.15) is 5.56 Å². The first-order valence-electron chi connectivity index (χ1n) is 8.67. The summed E-state index contributed by atoms with van der Waals surface area (Å²) in [5.74, 6) is -1.47. The number of sulfonamides is 1. The maximum absolute atomic E-state index is 14.6. The second-order valence-corrected chi connectivity index (χ2v) is 8.36. The molecule has 4 rings (SSSR count). The van der Waals surface area contributed by atoms with Crippen molar-refractivity contribution in [3.63, 3.8) is 0 Å². The molecule has 1 aliphatic heterocycles. The fourth-order valence-electron chi connectivity index (χ4n) is 2.78. The summed E-state index contributed by atoms with van der Waals surface area (Å²) in [4.78, 5) is 3.96. The molecule has 0 aliphatic carbocycles. The molecule has 154 valence electrons. The van der Waals surface area contributed by atoms with Crippen molar-refractivity contribution in [2.24, 2.45) is 4.99 Å². The number of nitrogens with zero attached hydrogens (tertiary/aromatic N) is 1. The minimum Gasteiger partial charge on any atom is -0.450 e. The van der Waals surface area contributed by atoms with E-state index >= 15 is 0 Å². The molecule has 0 bridgehead atoms. The quantitative estimate of drug-likeness (QED) is 0.606. The van der Waals surface area contributed by atoms with Crippen LogP contribution in [-0.2, 0) is 16.6 Å². The van der Waals surface area contributed by atoms with Crippen molar-refractivity contribution in [1.82, 2.24) is 4.72 Å². The minimum atomic E-state index is -4.03. The number of anilines is 1. The summed E-state index contributed by atoms with van der Waals surface area (Å²) in [6.07, 6.45) is 0. The Bertz CT molecular complexity index is 1250. The summed E-state index contributed by atoms with van der Waals surface area (Å²) in [5.41, 5.74) is 0.550. The Morgan fingerprint density at radius 1 is 1.00 bits per heavy atom. The van der Waals surface area contributed by atoms with Crippen molar-refractivity contribution in [2.45, 2.75) is 11.4 Å². The summed E-state index contributed by atoms with van der Waals surface area (Å²) >= 11 is 6.07. The number of guanidine groups is 1. The summed E-state index contributed by atoms with van der Waals surface area (Å²) in [7, 11) is -4.03. The number of para-hydroxylation sites is 1. The van der Waals surface area contributed by atoms with Crippen LogP contribution in [0.4, 0.5) is 14.5 Å². The molecule has 0 saturated carbocycles. The molecule has 3 aromatic carbocycles. The van der Waals surface area contributed by atoms with E-state index in [1.807, 2.05) is 0 Å². The Hall–Kier alpha value is -3.17. The molecule has 0 amide bonds. The van der Waals surface area contributed by atoms with Gasteiger partial charge in [0.2, 0.25) is 5.96 Å². The van der Waals surface area contributed by atoms with Gasteiger partial charge >= 0.3 is 0 Å². The zero-order chi connectivity index (χ0) is 21.3. The van der Waals surface area contributed by atoms with Crippen LogP contribution in [0, 0.1) is 11.6 Å². The summed E-state index contributed by atoms with van der Waals surface area (Å²) in [5, 5.41) is 2.99. The van der Waals surface area contributed by atoms with Gasteiger partial charge in [-0.15, -0.1) is 0 Å². The number of ether oxygens (including phenoxy) is 1. The van der Waals surface area contributed by atoms with Gasteiger partial charge in [0.1, 0.15) is 22.1 Å². The lowest BCUT2D eigenvalue weighted by atomic mass is 10.2. The van der Waals surface area contributed by atoms with E-state index in [0.717, 1.165) is 12.1 Å². The lowest BCUT2D eigenvalue weighted by molar-refractivity contribution is 0.443. The Kier molecular flexibility index (Phi) is 5.31. The average molecular weight is 450 g/mol. The first-order chi connectivity index (χ1) is 14.3. The topological polar surface area (TPSA) is 79.8 Å². The van der Waals surface area contributed by atoms with Gasteiger partial charge in [0, 0.05) is 0 Å². The highest BCUT2D eigenvalue weighted by atomic mass is 35.5. The van der Waals surface area contributed by atoms with Gasteiger partial charge in [-0.2, -0.15) is 0 Å². The first-order valence-corrected chi connectivity index (χ1v) is 10.5. The molecule has 0 unspecified atom stereocenters. The number of halogens is 3. The molecule has 0 aromatic heterocycles. The van der Waals surface area contributed by atoms with E-state index in [1.165, 1.54) is 30.3 Å². The number of aliphatic imine (C=N–C) groups is 1. The van der Waals surface area contributed by atoms with E-state index in [0.29, 0.717) is 5.56 Å². The zero-order valence-corrected chi connectivity index (χ0v) is 16.8. The second kappa shape index (κ2) is 7.92. The highest BCUT2D eigenvalue weighted by Gasteiger charge is 2.31. The van der Waals surface area contributed by atoms with Gasteiger partial charge in [0.05, 0.1) is 11.6 Å². The molecule has 1 heterocycles. The minimum absolute atomic E-state index is 0.0660. The molecule has 0 fully saturated rings. The summed E-state index contributed by atoms with van der Waals surface area (Å²) < 4.78 is 60.8. The van der Waals surface area contributed by atoms with Crippen LogP contribution in [-0.4, -0.2) is 14.4 Å². The third-order valence-electron chi connectivity index (χ3n) is 4.22. The number of hydrogen-bond acceptors (Lipinski definition) is 4. The van der Waals surface area contributed by atoms with Crippen molar-refractivity contribution in [3.8, 4) is 11.5 Å². The molecule has 6 nitrogen and oxygen atoms in total. The van der Waals surface area contributed by atoms with Crippen molar-refractivity contribution in [1.29, 1.82) is 0 Å². The van der Waals surface area contributed by atoms with Gasteiger partial charge in [0.25, 0.3) is 10.0 Å². The number of benzene rings is 3. The van der Waals surface area contributed by atoms with Gasteiger partial charge in [-0.1, -0.05) is 35.9 Å².